The zero-order chi connectivity index (χ0) is 25.5. The Morgan fingerprint density at radius 1 is 1.26 bits per heavy atom. The highest BCUT2D eigenvalue weighted by Crippen LogP contribution is 2.44. The van der Waals surface area contributed by atoms with Gasteiger partial charge in [0.25, 0.3) is 5.91 Å². The number of ether oxygens (including phenoxy) is 2. The summed E-state index contributed by atoms with van der Waals surface area (Å²) in [5.74, 6) is -1.23. The number of carbonyl (C=O) groups excluding carboxylic acids is 3. The molecule has 9 nitrogen and oxygen atoms in total. The lowest BCUT2D eigenvalue weighted by Gasteiger charge is -2.37. The molecule has 11 heteroatoms. The van der Waals surface area contributed by atoms with Gasteiger partial charge < -0.3 is 14.8 Å². The van der Waals surface area contributed by atoms with Gasteiger partial charge in [-0.25, -0.2) is 23.9 Å². The van der Waals surface area contributed by atoms with E-state index >= 15 is 0 Å². The molecule has 2 fully saturated rings. The molecule has 35 heavy (non-hydrogen) atoms. The Balaban J connectivity index is 1.58. The van der Waals surface area contributed by atoms with Crippen LogP contribution in [0.25, 0.3) is 0 Å². The number of rotatable bonds is 3. The van der Waals surface area contributed by atoms with Crippen LogP contribution < -0.4 is 5.32 Å². The summed E-state index contributed by atoms with van der Waals surface area (Å²) in [6, 6.07) is 3.74. The van der Waals surface area contributed by atoms with Gasteiger partial charge >= 0.3 is 12.2 Å². The molecule has 3 amide bonds. The molecule has 0 aromatic carbocycles. The first-order valence-electron chi connectivity index (χ1n) is 11.2. The molecular formula is C24H26BrFN4O5. The van der Waals surface area contributed by atoms with E-state index < -0.39 is 41.7 Å². The van der Waals surface area contributed by atoms with Crippen LogP contribution >= 0.6 is 15.9 Å². The number of anilines is 1. The summed E-state index contributed by atoms with van der Waals surface area (Å²) < 4.78 is 24.5. The maximum atomic E-state index is 13.5. The molecule has 1 N–H and O–H groups in total. The van der Waals surface area contributed by atoms with Gasteiger partial charge in [0.15, 0.2) is 5.82 Å². The van der Waals surface area contributed by atoms with E-state index in [9.17, 15) is 18.8 Å². The monoisotopic (exact) mass is 548 g/mol. The Hall–Kier alpha value is -3.08. The van der Waals surface area contributed by atoms with Crippen molar-refractivity contribution in [3.8, 4) is 0 Å². The minimum atomic E-state index is -0.763. The zero-order valence-electron chi connectivity index (χ0n) is 19.7. The summed E-state index contributed by atoms with van der Waals surface area (Å²) in [7, 11) is 0. The molecule has 3 heterocycles. The van der Waals surface area contributed by atoms with Crippen molar-refractivity contribution < 1.29 is 28.2 Å². The summed E-state index contributed by atoms with van der Waals surface area (Å²) in [6.07, 6.45) is 2.38. The Kier molecular flexibility index (Phi) is 6.81. The number of amides is 3. The van der Waals surface area contributed by atoms with Crippen LogP contribution in [0.4, 0.5) is 19.7 Å². The molecule has 0 spiro atoms. The quantitative estimate of drug-likeness (QED) is 0.520. The topological polar surface area (TPSA) is 111 Å². The summed E-state index contributed by atoms with van der Waals surface area (Å²) in [4.78, 5) is 47.3. The van der Waals surface area contributed by atoms with Gasteiger partial charge in [-0.1, -0.05) is 6.92 Å². The van der Waals surface area contributed by atoms with E-state index in [-0.39, 0.29) is 22.1 Å². The number of fused-ring (bicyclic) bond motifs is 1. The minimum Gasteiger partial charge on any atom is -0.443 e. The average Bonchev–Trinajstić information content (AvgIpc) is 3.11. The van der Waals surface area contributed by atoms with Crippen molar-refractivity contribution in [2.24, 2.45) is 5.92 Å². The van der Waals surface area contributed by atoms with Gasteiger partial charge in [-0.05, 0) is 85.1 Å². The maximum Gasteiger partial charge on any atom is 0.420 e. The van der Waals surface area contributed by atoms with E-state index in [0.717, 1.165) is 16.5 Å². The Morgan fingerprint density at radius 3 is 2.69 bits per heavy atom. The fraction of sp³-hybridized carbons (Fsp3) is 0.458. The van der Waals surface area contributed by atoms with Crippen molar-refractivity contribution in [1.82, 2.24) is 14.9 Å². The predicted molar refractivity (Wildman–Crippen MR) is 127 cm³/mol. The highest BCUT2D eigenvalue weighted by atomic mass is 79.9. The number of hydrogen-bond donors (Lipinski definition) is 1. The number of pyridine rings is 2. The fourth-order valence-electron chi connectivity index (χ4n) is 4.61. The first-order valence-corrected chi connectivity index (χ1v) is 12.0. The summed E-state index contributed by atoms with van der Waals surface area (Å²) in [5.41, 5.74) is 0.560. The molecular weight excluding hydrogens is 523 g/mol. The van der Waals surface area contributed by atoms with Crippen molar-refractivity contribution in [1.29, 1.82) is 0 Å². The second kappa shape index (κ2) is 9.52. The summed E-state index contributed by atoms with van der Waals surface area (Å²) in [6.45, 7) is 7.17. The second-order valence-corrected chi connectivity index (χ2v) is 10.5. The Bertz CT molecular complexity index is 1170. The zero-order valence-corrected chi connectivity index (χ0v) is 21.3. The SMILES string of the molecule is CC1CC(c2ccncc2NC(=O)c2ccc(F)c(Br)n2)CC2C1OC(=O)N2C(=O)OC(C)(C)C. The van der Waals surface area contributed by atoms with Crippen LogP contribution in [0.5, 0.6) is 0 Å². The van der Waals surface area contributed by atoms with E-state index in [2.05, 4.69) is 31.2 Å². The van der Waals surface area contributed by atoms with Crippen LogP contribution in [0, 0.1) is 11.7 Å². The number of imide groups is 1. The van der Waals surface area contributed by atoms with Crippen molar-refractivity contribution in [2.45, 2.75) is 64.2 Å². The molecule has 4 rings (SSSR count). The number of carbonyl (C=O) groups is 3. The molecule has 1 saturated heterocycles. The lowest BCUT2D eigenvalue weighted by atomic mass is 9.74. The number of hydrogen-bond acceptors (Lipinski definition) is 7. The van der Waals surface area contributed by atoms with Crippen LogP contribution in [-0.4, -0.2) is 50.7 Å². The van der Waals surface area contributed by atoms with Gasteiger partial charge in [-0.15, -0.1) is 0 Å². The lowest BCUT2D eigenvalue weighted by Crippen LogP contribution is -2.48. The average molecular weight is 549 g/mol. The molecule has 2 aromatic rings. The molecule has 4 atom stereocenters. The predicted octanol–water partition coefficient (Wildman–Crippen LogP) is 5.27. The third kappa shape index (κ3) is 5.29. The van der Waals surface area contributed by atoms with Gasteiger partial charge in [0.2, 0.25) is 0 Å². The van der Waals surface area contributed by atoms with E-state index in [0.29, 0.717) is 18.5 Å². The van der Waals surface area contributed by atoms with Crippen LogP contribution in [0.2, 0.25) is 0 Å². The van der Waals surface area contributed by atoms with Crippen molar-refractivity contribution in [2.75, 3.05) is 5.32 Å². The molecule has 1 aliphatic heterocycles. The summed E-state index contributed by atoms with van der Waals surface area (Å²) >= 11 is 2.99. The molecule has 0 bridgehead atoms. The molecule has 1 aliphatic carbocycles. The molecule has 2 aliphatic rings. The molecule has 4 unspecified atom stereocenters. The third-order valence-electron chi connectivity index (χ3n) is 6.06. The maximum absolute atomic E-state index is 13.5. The normalized spacial score (nSPS) is 23.9. The minimum absolute atomic E-state index is 0.0380. The largest absolute Gasteiger partial charge is 0.443 e. The second-order valence-electron chi connectivity index (χ2n) is 9.80. The van der Waals surface area contributed by atoms with Gasteiger partial charge in [0.05, 0.1) is 17.9 Å². The lowest BCUT2D eigenvalue weighted by molar-refractivity contribution is 0.0233. The number of nitrogens with one attached hydrogen (secondary N) is 1. The number of halogens is 2. The van der Waals surface area contributed by atoms with Crippen LogP contribution in [0.1, 0.15) is 62.5 Å². The Labute approximate surface area is 210 Å². The van der Waals surface area contributed by atoms with Crippen LogP contribution in [-0.2, 0) is 9.47 Å². The first kappa shape index (κ1) is 25.0. The van der Waals surface area contributed by atoms with Crippen LogP contribution in [0.3, 0.4) is 0 Å². The van der Waals surface area contributed by atoms with Gasteiger partial charge in [-0.2, -0.15) is 0 Å². The highest BCUT2D eigenvalue weighted by molar-refractivity contribution is 9.10. The van der Waals surface area contributed by atoms with Crippen molar-refractivity contribution in [3.63, 3.8) is 0 Å². The van der Waals surface area contributed by atoms with E-state index in [4.69, 9.17) is 9.47 Å². The summed E-state index contributed by atoms with van der Waals surface area (Å²) in [5, 5.41) is 2.81. The fourth-order valence-corrected chi connectivity index (χ4v) is 4.93. The molecule has 1 saturated carbocycles. The Morgan fingerprint density at radius 2 is 2.00 bits per heavy atom. The van der Waals surface area contributed by atoms with Crippen molar-refractivity contribution in [3.05, 3.63) is 52.3 Å². The third-order valence-corrected chi connectivity index (χ3v) is 6.61. The highest BCUT2D eigenvalue weighted by Gasteiger charge is 2.52. The molecule has 186 valence electrons. The standard InChI is InChI=1S/C24H26BrFN4O5/c1-12-9-13(10-18-19(12)34-22(32)30(18)23(33)35-24(2,3)4)14-7-8-27-11-17(14)29-21(31)16-6-5-15(26)20(25)28-16/h5-8,11-13,18-19H,9-10H2,1-4H3,(H,29,31). The number of nitrogens with zero attached hydrogens (tertiary/aromatic N) is 3. The number of aromatic nitrogens is 2. The van der Waals surface area contributed by atoms with E-state index in [1.807, 2.05) is 6.92 Å². The van der Waals surface area contributed by atoms with Gasteiger partial charge in [0.1, 0.15) is 22.0 Å². The van der Waals surface area contributed by atoms with Gasteiger partial charge in [-0.3, -0.25) is 9.78 Å². The van der Waals surface area contributed by atoms with Gasteiger partial charge in [0, 0.05) is 6.20 Å². The molecule has 2 aromatic heterocycles. The molecule has 0 radical (unpaired) electrons. The van der Waals surface area contributed by atoms with E-state index in [1.165, 1.54) is 12.3 Å². The first-order chi connectivity index (χ1) is 16.4. The van der Waals surface area contributed by atoms with Crippen LogP contribution in [0.15, 0.2) is 35.2 Å². The van der Waals surface area contributed by atoms with E-state index in [1.54, 1.807) is 33.0 Å². The smallest absolute Gasteiger partial charge is 0.420 e. The van der Waals surface area contributed by atoms with Crippen molar-refractivity contribution >= 4 is 39.7 Å².